The molecule has 1 rings (SSSR count). The molecule has 1 fully saturated rings. The minimum absolute atomic E-state index is 0.281. The zero-order chi connectivity index (χ0) is 8.81. The van der Waals surface area contributed by atoms with Gasteiger partial charge in [-0.2, -0.15) is 0 Å². The quantitative estimate of drug-likeness (QED) is 0.657. The monoisotopic (exact) mass is 171 g/mol. The Labute approximate surface area is 75.4 Å². The number of hydrogen-bond donors (Lipinski definition) is 2. The molecule has 12 heavy (non-hydrogen) atoms. The van der Waals surface area contributed by atoms with Crippen LogP contribution in [0.4, 0.5) is 0 Å². The van der Waals surface area contributed by atoms with Crippen LogP contribution in [0.25, 0.3) is 0 Å². The summed E-state index contributed by atoms with van der Waals surface area (Å²) in [5.41, 5.74) is 0. The van der Waals surface area contributed by atoms with Crippen molar-refractivity contribution in [1.29, 1.82) is 0 Å². The summed E-state index contributed by atoms with van der Waals surface area (Å²) >= 11 is 0. The van der Waals surface area contributed by atoms with E-state index in [9.17, 15) is 0 Å². The highest BCUT2D eigenvalue weighted by atomic mass is 16.3. The fourth-order valence-corrected chi connectivity index (χ4v) is 1.89. The van der Waals surface area contributed by atoms with Gasteiger partial charge in [-0.25, -0.2) is 0 Å². The molecule has 0 saturated heterocycles. The van der Waals surface area contributed by atoms with Crippen LogP contribution in [0.5, 0.6) is 0 Å². The first-order chi connectivity index (χ1) is 5.86. The molecule has 2 N–H and O–H groups in total. The first kappa shape index (κ1) is 10.0. The van der Waals surface area contributed by atoms with Gasteiger partial charge in [0.25, 0.3) is 0 Å². The van der Waals surface area contributed by atoms with Gasteiger partial charge in [0.1, 0.15) is 0 Å². The molecule has 0 aromatic carbocycles. The molecule has 2 heteroatoms. The van der Waals surface area contributed by atoms with E-state index >= 15 is 0 Å². The second-order valence-electron chi connectivity index (χ2n) is 3.85. The van der Waals surface area contributed by atoms with Crippen molar-refractivity contribution in [2.24, 2.45) is 5.92 Å². The molecule has 1 aliphatic carbocycles. The number of aliphatic hydroxyl groups excluding tert-OH is 1. The average Bonchev–Trinajstić information content (AvgIpc) is 2.59. The van der Waals surface area contributed by atoms with Gasteiger partial charge in [0.15, 0.2) is 0 Å². The van der Waals surface area contributed by atoms with Gasteiger partial charge in [0.05, 0.1) is 6.61 Å². The second kappa shape index (κ2) is 5.55. The zero-order valence-electron chi connectivity index (χ0n) is 8.05. The summed E-state index contributed by atoms with van der Waals surface area (Å²) in [6, 6.07) is 0.325. The molecule has 0 unspecified atom stereocenters. The van der Waals surface area contributed by atoms with Crippen molar-refractivity contribution in [1.82, 2.24) is 5.32 Å². The van der Waals surface area contributed by atoms with Gasteiger partial charge in [0.2, 0.25) is 0 Å². The summed E-state index contributed by atoms with van der Waals surface area (Å²) in [6.45, 7) is 3.50. The Balaban J connectivity index is 2.06. The molecule has 0 heterocycles. The Hall–Kier alpha value is -0.0800. The van der Waals surface area contributed by atoms with Crippen molar-refractivity contribution >= 4 is 0 Å². The number of rotatable bonds is 5. The van der Waals surface area contributed by atoms with Gasteiger partial charge >= 0.3 is 0 Å². The Morgan fingerprint density at radius 1 is 1.42 bits per heavy atom. The summed E-state index contributed by atoms with van der Waals surface area (Å²) in [5, 5.41) is 12.3. The molecular formula is C10H21NO. The zero-order valence-corrected chi connectivity index (χ0v) is 8.05. The summed E-state index contributed by atoms with van der Waals surface area (Å²) in [6.07, 6.45) is 6.61. The summed E-state index contributed by atoms with van der Waals surface area (Å²) in [5.74, 6) is 0.880. The lowest BCUT2D eigenvalue weighted by Gasteiger charge is -2.16. The number of hydrogen-bond acceptors (Lipinski definition) is 2. The summed E-state index contributed by atoms with van der Waals surface area (Å²) < 4.78 is 0. The normalized spacial score (nSPS) is 21.5. The minimum atomic E-state index is 0.281. The van der Waals surface area contributed by atoms with E-state index in [1.165, 1.54) is 25.7 Å². The molecule has 0 aromatic heterocycles. The van der Waals surface area contributed by atoms with Crippen LogP contribution in [0.3, 0.4) is 0 Å². The Morgan fingerprint density at radius 2 is 2.08 bits per heavy atom. The molecule has 0 aromatic rings. The van der Waals surface area contributed by atoms with Crippen molar-refractivity contribution in [3.8, 4) is 0 Å². The van der Waals surface area contributed by atoms with Gasteiger partial charge in [-0.05, 0) is 31.7 Å². The third-order valence-corrected chi connectivity index (χ3v) is 2.88. The maximum absolute atomic E-state index is 8.94. The topological polar surface area (TPSA) is 32.3 Å². The van der Waals surface area contributed by atoms with Crippen molar-refractivity contribution in [3.05, 3.63) is 0 Å². The van der Waals surface area contributed by atoms with Crippen LogP contribution in [0.1, 0.15) is 39.0 Å². The van der Waals surface area contributed by atoms with Crippen LogP contribution in [0.2, 0.25) is 0 Å². The van der Waals surface area contributed by atoms with E-state index < -0.39 is 0 Å². The molecule has 1 aliphatic rings. The highest BCUT2D eigenvalue weighted by Crippen LogP contribution is 2.23. The third kappa shape index (κ3) is 3.11. The van der Waals surface area contributed by atoms with E-state index in [4.69, 9.17) is 5.11 Å². The van der Waals surface area contributed by atoms with Gasteiger partial charge in [-0.15, -0.1) is 0 Å². The van der Waals surface area contributed by atoms with Gasteiger partial charge in [-0.1, -0.05) is 19.8 Å². The summed E-state index contributed by atoms with van der Waals surface area (Å²) in [7, 11) is 0. The van der Waals surface area contributed by atoms with Gasteiger partial charge in [-0.3, -0.25) is 0 Å². The van der Waals surface area contributed by atoms with Crippen LogP contribution >= 0.6 is 0 Å². The molecule has 1 atom stereocenters. The minimum Gasteiger partial charge on any atom is -0.395 e. The van der Waals surface area contributed by atoms with Crippen molar-refractivity contribution in [3.63, 3.8) is 0 Å². The highest BCUT2D eigenvalue weighted by molar-refractivity contribution is 4.72. The largest absolute Gasteiger partial charge is 0.395 e. The molecule has 1 saturated carbocycles. The molecule has 0 spiro atoms. The molecule has 0 amide bonds. The van der Waals surface area contributed by atoms with Crippen LogP contribution < -0.4 is 5.32 Å². The first-order valence-corrected chi connectivity index (χ1v) is 5.21. The van der Waals surface area contributed by atoms with Crippen LogP contribution in [0.15, 0.2) is 0 Å². The SMILES string of the molecule is CC[C@@H](CO)NCC1CCCC1. The predicted octanol–water partition coefficient (Wildman–Crippen LogP) is 1.54. The number of nitrogens with one attached hydrogen (secondary N) is 1. The van der Waals surface area contributed by atoms with E-state index in [2.05, 4.69) is 12.2 Å². The highest BCUT2D eigenvalue weighted by Gasteiger charge is 2.15. The molecular weight excluding hydrogens is 150 g/mol. The van der Waals surface area contributed by atoms with E-state index in [1.807, 2.05) is 0 Å². The second-order valence-corrected chi connectivity index (χ2v) is 3.85. The third-order valence-electron chi connectivity index (χ3n) is 2.88. The van der Waals surface area contributed by atoms with E-state index in [0.717, 1.165) is 18.9 Å². The van der Waals surface area contributed by atoms with Gasteiger partial charge < -0.3 is 10.4 Å². The van der Waals surface area contributed by atoms with Gasteiger partial charge in [0, 0.05) is 6.04 Å². The van der Waals surface area contributed by atoms with E-state index in [0.29, 0.717) is 6.04 Å². The lowest BCUT2D eigenvalue weighted by molar-refractivity contribution is 0.233. The first-order valence-electron chi connectivity index (χ1n) is 5.21. The predicted molar refractivity (Wildman–Crippen MR) is 51.1 cm³/mol. The lowest BCUT2D eigenvalue weighted by Crippen LogP contribution is -2.34. The molecule has 72 valence electrons. The Morgan fingerprint density at radius 3 is 2.58 bits per heavy atom. The fourth-order valence-electron chi connectivity index (χ4n) is 1.89. The molecule has 2 nitrogen and oxygen atoms in total. The molecule has 0 radical (unpaired) electrons. The smallest absolute Gasteiger partial charge is 0.0584 e. The van der Waals surface area contributed by atoms with Crippen molar-refractivity contribution in [2.45, 2.75) is 45.1 Å². The Bertz CT molecular complexity index is 104. The number of aliphatic hydroxyl groups is 1. The van der Waals surface area contributed by atoms with E-state index in [1.54, 1.807) is 0 Å². The van der Waals surface area contributed by atoms with Crippen LogP contribution in [-0.2, 0) is 0 Å². The summed E-state index contributed by atoms with van der Waals surface area (Å²) in [4.78, 5) is 0. The molecule has 0 bridgehead atoms. The van der Waals surface area contributed by atoms with Crippen molar-refractivity contribution in [2.75, 3.05) is 13.2 Å². The van der Waals surface area contributed by atoms with E-state index in [-0.39, 0.29) is 6.61 Å². The fraction of sp³-hybridized carbons (Fsp3) is 1.00. The lowest BCUT2D eigenvalue weighted by atomic mass is 10.1. The van der Waals surface area contributed by atoms with Crippen LogP contribution in [-0.4, -0.2) is 24.3 Å². The Kier molecular flexibility index (Phi) is 4.62. The maximum atomic E-state index is 8.94. The molecule has 0 aliphatic heterocycles. The van der Waals surface area contributed by atoms with Crippen molar-refractivity contribution < 1.29 is 5.11 Å². The maximum Gasteiger partial charge on any atom is 0.0584 e. The average molecular weight is 171 g/mol. The standard InChI is InChI=1S/C10H21NO/c1-2-10(8-12)11-7-9-5-3-4-6-9/h9-12H,2-8H2,1H3/t10-/m0/s1. The van der Waals surface area contributed by atoms with Crippen LogP contribution in [0, 0.1) is 5.92 Å².